The summed E-state index contributed by atoms with van der Waals surface area (Å²) in [4.78, 5) is 29.8. The van der Waals surface area contributed by atoms with Crippen LogP contribution in [0.5, 0.6) is 0 Å². The van der Waals surface area contributed by atoms with E-state index in [1.807, 2.05) is 28.0 Å². The van der Waals surface area contributed by atoms with Gasteiger partial charge in [-0.1, -0.05) is 49.6 Å². The summed E-state index contributed by atoms with van der Waals surface area (Å²) >= 11 is 0. The zero-order valence-electron chi connectivity index (χ0n) is 16.9. The number of urea groups is 1. The van der Waals surface area contributed by atoms with E-state index in [1.165, 1.54) is 0 Å². The molecule has 5 rings (SSSR count). The van der Waals surface area contributed by atoms with Crippen molar-refractivity contribution in [1.29, 1.82) is 0 Å². The summed E-state index contributed by atoms with van der Waals surface area (Å²) in [5.74, 6) is 0.489. The van der Waals surface area contributed by atoms with E-state index in [0.717, 1.165) is 50.5 Å². The number of benzene rings is 1. The van der Waals surface area contributed by atoms with E-state index < -0.39 is 5.54 Å². The number of nitrogens with one attached hydrogen (secondary N) is 1. The molecule has 156 valence electrons. The fourth-order valence-electron chi connectivity index (χ4n) is 5.99. The zero-order chi connectivity index (χ0) is 20.0. The highest BCUT2D eigenvalue weighted by atomic mass is 16.3. The highest BCUT2D eigenvalue weighted by molar-refractivity contribution is 5.83. The molecule has 1 aromatic carbocycles. The molecule has 0 radical (unpaired) electrons. The third kappa shape index (κ3) is 2.95. The number of carbonyl (C=O) groups is 2. The van der Waals surface area contributed by atoms with Crippen LogP contribution >= 0.6 is 0 Å². The summed E-state index contributed by atoms with van der Waals surface area (Å²) in [7, 11) is 0. The van der Waals surface area contributed by atoms with Crippen molar-refractivity contribution in [2.24, 2.45) is 5.92 Å². The Morgan fingerprint density at radius 1 is 1.03 bits per heavy atom. The Bertz CT molecular complexity index is 767. The molecule has 4 aliphatic rings. The lowest BCUT2D eigenvalue weighted by Crippen LogP contribution is -2.87. The second-order valence-electron chi connectivity index (χ2n) is 9.36. The van der Waals surface area contributed by atoms with Gasteiger partial charge < -0.3 is 20.2 Å². The van der Waals surface area contributed by atoms with Gasteiger partial charge in [-0.05, 0) is 31.2 Å². The van der Waals surface area contributed by atoms with Gasteiger partial charge in [0.05, 0.1) is 18.2 Å². The second-order valence-corrected chi connectivity index (χ2v) is 9.36. The molecule has 2 heterocycles. The van der Waals surface area contributed by atoms with Crippen LogP contribution in [0.1, 0.15) is 56.4 Å². The zero-order valence-corrected chi connectivity index (χ0v) is 16.9. The van der Waals surface area contributed by atoms with Crippen molar-refractivity contribution >= 4 is 11.9 Å². The summed E-state index contributed by atoms with van der Waals surface area (Å²) in [5, 5.41) is 13.4. The predicted molar refractivity (Wildman–Crippen MR) is 109 cm³/mol. The predicted octanol–water partition coefficient (Wildman–Crippen LogP) is 2.48. The highest BCUT2D eigenvalue weighted by Gasteiger charge is 2.68. The number of aliphatic hydroxyl groups excluding tert-OH is 1. The Kier molecular flexibility index (Phi) is 4.77. The van der Waals surface area contributed by atoms with Crippen LogP contribution in [0.2, 0.25) is 0 Å². The molecule has 2 saturated carbocycles. The summed E-state index contributed by atoms with van der Waals surface area (Å²) < 4.78 is 0. The smallest absolute Gasteiger partial charge is 0.318 e. The van der Waals surface area contributed by atoms with Crippen molar-refractivity contribution < 1.29 is 14.7 Å². The average molecular weight is 398 g/mol. The van der Waals surface area contributed by atoms with Crippen molar-refractivity contribution in [3.63, 3.8) is 0 Å². The number of likely N-dealkylation sites (tertiary alicyclic amines) is 2. The third-order valence-electron chi connectivity index (χ3n) is 7.72. The third-order valence-corrected chi connectivity index (χ3v) is 7.72. The summed E-state index contributed by atoms with van der Waals surface area (Å²) in [6.07, 6.45) is 7.52. The first kappa shape index (κ1) is 18.9. The number of carbonyl (C=O) groups excluding carboxylic acids is 2. The Hall–Kier alpha value is -2.08. The molecule has 3 amide bonds. The van der Waals surface area contributed by atoms with E-state index in [2.05, 4.69) is 17.4 Å². The largest absolute Gasteiger partial charge is 0.394 e. The van der Waals surface area contributed by atoms with Crippen LogP contribution in [0.4, 0.5) is 4.79 Å². The van der Waals surface area contributed by atoms with Gasteiger partial charge in [-0.2, -0.15) is 0 Å². The van der Waals surface area contributed by atoms with E-state index >= 15 is 0 Å². The Labute approximate surface area is 172 Å². The molecular weight excluding hydrogens is 366 g/mol. The molecule has 0 bridgehead atoms. The Balaban J connectivity index is 1.38. The minimum Gasteiger partial charge on any atom is -0.394 e. The first-order valence-electron chi connectivity index (χ1n) is 11.2. The van der Waals surface area contributed by atoms with Crippen molar-refractivity contribution in [3.8, 4) is 0 Å². The number of hydrogen-bond acceptors (Lipinski definition) is 3. The SMILES string of the molecule is O=C(C1CCC1)N1CC2(C1)[C@H](c1ccccc1)[C@H](CO)N2C(=O)NC1CCCC1. The Morgan fingerprint density at radius 2 is 1.72 bits per heavy atom. The van der Waals surface area contributed by atoms with Crippen LogP contribution in [0, 0.1) is 5.92 Å². The van der Waals surface area contributed by atoms with E-state index in [-0.39, 0.29) is 42.5 Å². The molecule has 2 saturated heterocycles. The molecule has 2 atom stereocenters. The molecular formula is C23H31N3O3. The first-order valence-corrected chi connectivity index (χ1v) is 11.2. The molecule has 1 aromatic rings. The lowest BCUT2D eigenvalue weighted by molar-refractivity contribution is -0.182. The lowest BCUT2D eigenvalue weighted by atomic mass is 9.60. The van der Waals surface area contributed by atoms with Crippen molar-refractivity contribution in [2.45, 2.75) is 68.5 Å². The van der Waals surface area contributed by atoms with Crippen molar-refractivity contribution in [1.82, 2.24) is 15.1 Å². The molecule has 29 heavy (non-hydrogen) atoms. The van der Waals surface area contributed by atoms with Crippen molar-refractivity contribution in [2.75, 3.05) is 19.7 Å². The van der Waals surface area contributed by atoms with Gasteiger partial charge in [-0.3, -0.25) is 4.79 Å². The van der Waals surface area contributed by atoms with Gasteiger partial charge in [-0.25, -0.2) is 4.79 Å². The molecule has 2 aliphatic heterocycles. The maximum Gasteiger partial charge on any atom is 0.318 e. The molecule has 6 heteroatoms. The Morgan fingerprint density at radius 3 is 2.31 bits per heavy atom. The van der Waals surface area contributed by atoms with Gasteiger partial charge >= 0.3 is 6.03 Å². The van der Waals surface area contributed by atoms with Gasteiger partial charge in [0, 0.05) is 31.0 Å². The first-order chi connectivity index (χ1) is 14.1. The fraction of sp³-hybridized carbons (Fsp3) is 0.652. The van der Waals surface area contributed by atoms with Crippen LogP contribution in [0.25, 0.3) is 0 Å². The van der Waals surface area contributed by atoms with E-state index in [1.54, 1.807) is 0 Å². The fourth-order valence-corrected chi connectivity index (χ4v) is 5.99. The van der Waals surface area contributed by atoms with Crippen LogP contribution in [-0.4, -0.2) is 64.2 Å². The van der Waals surface area contributed by atoms with Gasteiger partial charge in [0.25, 0.3) is 0 Å². The van der Waals surface area contributed by atoms with Crippen LogP contribution in [-0.2, 0) is 4.79 Å². The van der Waals surface area contributed by atoms with Crippen LogP contribution in [0.3, 0.4) is 0 Å². The number of rotatable bonds is 4. The summed E-state index contributed by atoms with van der Waals surface area (Å²) in [6.45, 7) is 1.10. The number of hydrogen-bond donors (Lipinski definition) is 2. The quantitative estimate of drug-likeness (QED) is 0.820. The minimum atomic E-state index is -0.392. The molecule has 1 spiro atoms. The maximum atomic E-state index is 13.2. The average Bonchev–Trinajstić information content (AvgIpc) is 3.12. The van der Waals surface area contributed by atoms with Gasteiger partial charge in [0.2, 0.25) is 5.91 Å². The standard InChI is InChI=1S/C23H31N3O3/c27-13-19-20(16-7-2-1-3-8-16)23(14-25(15-23)21(28)17-9-6-10-17)26(19)22(29)24-18-11-4-5-12-18/h1-3,7-8,17-20,27H,4-6,9-15H2,(H,24,29)/t19-,20+/m0/s1. The maximum absolute atomic E-state index is 13.2. The van der Waals surface area contributed by atoms with E-state index in [0.29, 0.717) is 13.1 Å². The number of amides is 3. The normalized spacial score (nSPS) is 28.6. The van der Waals surface area contributed by atoms with Crippen molar-refractivity contribution in [3.05, 3.63) is 35.9 Å². The second kappa shape index (κ2) is 7.31. The monoisotopic (exact) mass is 397 g/mol. The lowest BCUT2D eigenvalue weighted by Gasteiger charge is -2.70. The summed E-state index contributed by atoms with van der Waals surface area (Å²) in [6, 6.07) is 10.1. The minimum absolute atomic E-state index is 0.0596. The molecule has 0 unspecified atom stereocenters. The van der Waals surface area contributed by atoms with Gasteiger partial charge in [0.1, 0.15) is 0 Å². The number of nitrogens with zero attached hydrogens (tertiary/aromatic N) is 2. The summed E-state index contributed by atoms with van der Waals surface area (Å²) in [5.41, 5.74) is 0.754. The molecule has 6 nitrogen and oxygen atoms in total. The van der Waals surface area contributed by atoms with Gasteiger partial charge in [0.15, 0.2) is 0 Å². The van der Waals surface area contributed by atoms with Crippen LogP contribution < -0.4 is 5.32 Å². The van der Waals surface area contributed by atoms with Gasteiger partial charge in [-0.15, -0.1) is 0 Å². The van der Waals surface area contributed by atoms with Crippen LogP contribution in [0.15, 0.2) is 30.3 Å². The topological polar surface area (TPSA) is 72.9 Å². The number of aliphatic hydroxyl groups is 1. The molecule has 2 N–H and O–H groups in total. The molecule has 0 aromatic heterocycles. The highest BCUT2D eigenvalue weighted by Crippen LogP contribution is 2.54. The molecule has 2 aliphatic carbocycles. The van der Waals surface area contributed by atoms with E-state index in [9.17, 15) is 14.7 Å². The van der Waals surface area contributed by atoms with E-state index in [4.69, 9.17) is 0 Å². The molecule has 4 fully saturated rings.